The Balaban J connectivity index is 1.59. The summed E-state index contributed by atoms with van der Waals surface area (Å²) >= 11 is 0. The van der Waals surface area contributed by atoms with Crippen LogP contribution >= 0.6 is 0 Å². The molecular weight excluding hydrogens is 387 g/mol. The summed E-state index contributed by atoms with van der Waals surface area (Å²) in [5.41, 5.74) is -0.00369. The number of nitrogens with zero attached hydrogens (tertiary/aromatic N) is 2. The van der Waals surface area contributed by atoms with Crippen LogP contribution in [-0.2, 0) is 15.7 Å². The van der Waals surface area contributed by atoms with Crippen molar-refractivity contribution in [3.8, 4) is 0 Å². The number of hydrogen-bond acceptors (Lipinski definition) is 4. The summed E-state index contributed by atoms with van der Waals surface area (Å²) in [5, 5.41) is 2.77. The highest BCUT2D eigenvalue weighted by atomic mass is 19.4. The first-order valence-electron chi connectivity index (χ1n) is 10.2. The van der Waals surface area contributed by atoms with Crippen LogP contribution in [0.15, 0.2) is 18.2 Å². The molecule has 0 aromatic heterocycles. The average Bonchev–Trinajstić information content (AvgIpc) is 2.73. The van der Waals surface area contributed by atoms with Crippen LogP contribution in [0.3, 0.4) is 0 Å². The number of halogens is 3. The lowest BCUT2D eigenvalue weighted by Gasteiger charge is -2.43. The molecule has 6 nitrogen and oxygen atoms in total. The maximum absolute atomic E-state index is 13.3. The summed E-state index contributed by atoms with van der Waals surface area (Å²) in [6, 6.07) is 3.15. The zero-order valence-electron chi connectivity index (χ0n) is 16.2. The number of carbonyl (C=O) groups excluding carboxylic acids is 1. The SMILES string of the molecule is O=C(Nc1cc(C(F)(F)F)ccc1N1CCOCC1)N1CCO[C@H]2CCCC[C@H]21. The molecule has 4 rings (SSSR count). The topological polar surface area (TPSA) is 54.0 Å². The highest BCUT2D eigenvalue weighted by Crippen LogP contribution is 2.36. The minimum atomic E-state index is -4.48. The highest BCUT2D eigenvalue weighted by molar-refractivity contribution is 5.93. The quantitative estimate of drug-likeness (QED) is 0.803. The third kappa shape index (κ3) is 4.45. The van der Waals surface area contributed by atoms with Crippen molar-refractivity contribution < 1.29 is 27.4 Å². The molecule has 29 heavy (non-hydrogen) atoms. The summed E-state index contributed by atoms with van der Waals surface area (Å²) < 4.78 is 51.0. The Morgan fingerprint density at radius 1 is 1.07 bits per heavy atom. The standard InChI is InChI=1S/C20H26F3N3O3/c21-20(22,23)14-5-6-16(25-7-10-28-11-8-25)15(13-14)24-19(27)26-9-12-29-18-4-2-1-3-17(18)26/h5-6,13,17-18H,1-4,7-12H2,(H,24,27)/t17-,18+/m1/s1. The van der Waals surface area contributed by atoms with Gasteiger partial charge in [0.25, 0.3) is 0 Å². The van der Waals surface area contributed by atoms with E-state index in [1.165, 1.54) is 6.07 Å². The zero-order valence-corrected chi connectivity index (χ0v) is 16.2. The molecule has 3 aliphatic rings. The van der Waals surface area contributed by atoms with E-state index in [9.17, 15) is 18.0 Å². The molecular formula is C20H26F3N3O3. The Kier molecular flexibility index (Phi) is 5.87. The monoisotopic (exact) mass is 413 g/mol. The number of nitrogens with one attached hydrogen (secondary N) is 1. The van der Waals surface area contributed by atoms with Gasteiger partial charge in [0.1, 0.15) is 0 Å². The van der Waals surface area contributed by atoms with Crippen molar-refractivity contribution in [1.82, 2.24) is 4.90 Å². The maximum Gasteiger partial charge on any atom is 0.416 e. The summed E-state index contributed by atoms with van der Waals surface area (Å²) in [6.07, 6.45) is -0.587. The number of ether oxygens (including phenoxy) is 2. The van der Waals surface area contributed by atoms with Gasteiger partial charge in [0.15, 0.2) is 0 Å². The Hall–Kier alpha value is -2.00. The van der Waals surface area contributed by atoms with Gasteiger partial charge in [-0.25, -0.2) is 4.79 Å². The van der Waals surface area contributed by atoms with Crippen molar-refractivity contribution in [1.29, 1.82) is 0 Å². The van der Waals surface area contributed by atoms with Gasteiger partial charge in [0.2, 0.25) is 0 Å². The maximum atomic E-state index is 13.3. The van der Waals surface area contributed by atoms with E-state index < -0.39 is 11.7 Å². The normalized spacial score (nSPS) is 25.5. The molecule has 2 amide bonds. The molecule has 2 saturated heterocycles. The number of benzene rings is 1. The van der Waals surface area contributed by atoms with Crippen LogP contribution in [0.1, 0.15) is 31.2 Å². The molecule has 1 aromatic rings. The number of hydrogen-bond donors (Lipinski definition) is 1. The van der Waals surface area contributed by atoms with Crippen LogP contribution in [0.5, 0.6) is 0 Å². The lowest BCUT2D eigenvalue weighted by Crippen LogP contribution is -2.56. The predicted octanol–water partition coefficient (Wildman–Crippen LogP) is 3.72. The molecule has 0 bridgehead atoms. The van der Waals surface area contributed by atoms with Gasteiger partial charge >= 0.3 is 12.2 Å². The Morgan fingerprint density at radius 3 is 2.59 bits per heavy atom. The third-order valence-corrected chi connectivity index (χ3v) is 5.91. The van der Waals surface area contributed by atoms with Gasteiger partial charge in [-0.05, 0) is 31.0 Å². The fraction of sp³-hybridized carbons (Fsp3) is 0.650. The van der Waals surface area contributed by atoms with E-state index >= 15 is 0 Å². The molecule has 3 fully saturated rings. The van der Waals surface area contributed by atoms with Crippen LogP contribution in [0.2, 0.25) is 0 Å². The van der Waals surface area contributed by atoms with Crippen molar-refractivity contribution in [3.05, 3.63) is 23.8 Å². The largest absolute Gasteiger partial charge is 0.416 e. The molecule has 1 aromatic carbocycles. The van der Waals surface area contributed by atoms with Gasteiger partial charge in [-0.2, -0.15) is 13.2 Å². The van der Waals surface area contributed by atoms with Crippen LogP contribution in [0, 0.1) is 0 Å². The van der Waals surface area contributed by atoms with Crippen molar-refractivity contribution in [2.45, 2.75) is 44.0 Å². The number of fused-ring (bicyclic) bond motifs is 1. The number of amides is 2. The number of carbonyl (C=O) groups is 1. The van der Waals surface area contributed by atoms with Crippen molar-refractivity contribution in [2.24, 2.45) is 0 Å². The molecule has 2 aliphatic heterocycles. The number of rotatable bonds is 2. The molecule has 1 aliphatic carbocycles. The van der Waals surface area contributed by atoms with Crippen LogP contribution < -0.4 is 10.2 Å². The Bertz CT molecular complexity index is 735. The van der Waals surface area contributed by atoms with E-state index in [1.807, 2.05) is 4.90 Å². The van der Waals surface area contributed by atoms with E-state index in [2.05, 4.69) is 5.32 Å². The molecule has 160 valence electrons. The summed E-state index contributed by atoms with van der Waals surface area (Å²) in [4.78, 5) is 16.7. The lowest BCUT2D eigenvalue weighted by molar-refractivity contribution is -0.137. The minimum absolute atomic E-state index is 0.0171. The summed E-state index contributed by atoms with van der Waals surface area (Å²) in [6.45, 7) is 3.03. The fourth-order valence-corrected chi connectivity index (χ4v) is 4.43. The first-order chi connectivity index (χ1) is 13.9. The zero-order chi connectivity index (χ0) is 20.4. The summed E-state index contributed by atoms with van der Waals surface area (Å²) in [5.74, 6) is 0. The van der Waals surface area contributed by atoms with Crippen molar-refractivity contribution >= 4 is 17.4 Å². The minimum Gasteiger partial charge on any atom is -0.378 e. The van der Waals surface area contributed by atoms with Crippen molar-refractivity contribution in [3.63, 3.8) is 0 Å². The first kappa shape index (κ1) is 20.3. The number of alkyl halides is 3. The van der Waals surface area contributed by atoms with Gasteiger partial charge in [0, 0.05) is 19.6 Å². The lowest BCUT2D eigenvalue weighted by atomic mass is 9.90. The molecule has 2 heterocycles. The van der Waals surface area contributed by atoms with Gasteiger partial charge in [-0.1, -0.05) is 12.8 Å². The van der Waals surface area contributed by atoms with E-state index in [0.29, 0.717) is 45.1 Å². The van der Waals surface area contributed by atoms with Crippen LogP contribution in [0.4, 0.5) is 29.3 Å². The third-order valence-electron chi connectivity index (χ3n) is 5.91. The van der Waals surface area contributed by atoms with Crippen LogP contribution in [0.25, 0.3) is 0 Å². The molecule has 0 radical (unpaired) electrons. The number of urea groups is 1. The van der Waals surface area contributed by atoms with E-state index in [0.717, 1.165) is 37.8 Å². The molecule has 0 spiro atoms. The van der Waals surface area contributed by atoms with Crippen molar-refractivity contribution in [2.75, 3.05) is 49.7 Å². The molecule has 1 N–H and O–H groups in total. The van der Waals surface area contributed by atoms with E-state index in [1.54, 1.807) is 4.90 Å². The Labute approximate surface area is 167 Å². The number of anilines is 2. The average molecular weight is 413 g/mol. The molecule has 0 unspecified atom stereocenters. The predicted molar refractivity (Wildman–Crippen MR) is 102 cm³/mol. The first-order valence-corrected chi connectivity index (χ1v) is 10.2. The smallest absolute Gasteiger partial charge is 0.378 e. The second-order valence-electron chi connectivity index (χ2n) is 7.71. The van der Waals surface area contributed by atoms with E-state index in [-0.39, 0.29) is 23.9 Å². The van der Waals surface area contributed by atoms with Gasteiger partial charge in [0.05, 0.1) is 48.9 Å². The van der Waals surface area contributed by atoms with Gasteiger partial charge in [-0.15, -0.1) is 0 Å². The fourth-order valence-electron chi connectivity index (χ4n) is 4.43. The second kappa shape index (κ2) is 8.39. The second-order valence-corrected chi connectivity index (χ2v) is 7.71. The van der Waals surface area contributed by atoms with Gasteiger partial charge in [-0.3, -0.25) is 0 Å². The van der Waals surface area contributed by atoms with Crippen LogP contribution in [-0.4, -0.2) is 62.5 Å². The number of morpholine rings is 2. The molecule has 1 saturated carbocycles. The Morgan fingerprint density at radius 2 is 1.83 bits per heavy atom. The van der Waals surface area contributed by atoms with Gasteiger partial charge < -0.3 is 24.6 Å². The molecule has 2 atom stereocenters. The highest BCUT2D eigenvalue weighted by Gasteiger charge is 2.37. The molecule has 9 heteroatoms. The van der Waals surface area contributed by atoms with E-state index in [4.69, 9.17) is 9.47 Å². The summed E-state index contributed by atoms with van der Waals surface area (Å²) in [7, 11) is 0.